The Labute approximate surface area is 470 Å². The van der Waals surface area contributed by atoms with Gasteiger partial charge < -0.3 is 67.4 Å². The molecule has 0 spiro atoms. The predicted octanol–water partition coefficient (Wildman–Crippen LogP) is 4.42. The molecule has 0 aromatic rings. The van der Waals surface area contributed by atoms with Crippen LogP contribution in [0.1, 0.15) is 131 Å². The third-order valence-corrected chi connectivity index (χ3v) is 21.0. The molecule has 452 valence electrons. The molecule has 11 heterocycles. The quantitative estimate of drug-likeness (QED) is 0.0782. The van der Waals surface area contributed by atoms with E-state index in [0.29, 0.717) is 75.4 Å². The van der Waals surface area contributed by atoms with E-state index >= 15 is 0 Å². The molecular weight excluding hydrogens is 1090 g/mol. The van der Waals surface area contributed by atoms with Crippen molar-refractivity contribution in [1.82, 2.24) is 0 Å². The first-order chi connectivity index (χ1) is 37.4. The standard InChI is InChI=1S/C56H84O22S2/c1-10-31(57)28(2)12-16-52(5,59)51-30(4)20-40-39(73-51)26-47-56(9,76-40)50(58)49-43(72-47)24-42-48(74-49)29(3)13-17-54(7)45(71-42)27-44-55(8,78-54)18-14-32-33(70-44)21-35-34(67-32)22-36-37(68-35)23-41-38(69-36)25-46(77-80(63,64)65)53(6,75-41)15-11-19-66-79(60,61)62/h10,12,16,29,31-51,57-59H,1-2,4,11,13-15,17-27H2,3,5-9H3,(H,60,61,62)(H,63,64,65)/b16-12+/t29-,31+,32-,33+,34+,35-,36-,37+,38+,39+,40-,41-,42-,43+,44-,45+,46-,47-,48+,49+,50+,51-,52+,53+,54-,55+,56+/m0/s1. The molecule has 11 aliphatic heterocycles. The van der Waals surface area contributed by atoms with Crippen LogP contribution in [0.3, 0.4) is 0 Å². The molecule has 27 atom stereocenters. The topological polar surface area (TPSA) is 289 Å². The van der Waals surface area contributed by atoms with Crippen molar-refractivity contribution >= 4 is 20.8 Å². The Morgan fingerprint density at radius 1 is 0.713 bits per heavy atom. The largest absolute Gasteiger partial charge is 0.397 e. The summed E-state index contributed by atoms with van der Waals surface area (Å²) in [6.07, 6.45) is -0.374. The maximum Gasteiger partial charge on any atom is 0.397 e. The number of fused-ring (bicyclic) bond motifs is 10. The lowest BCUT2D eigenvalue weighted by atomic mass is 9.73. The summed E-state index contributed by atoms with van der Waals surface area (Å²) >= 11 is 0. The van der Waals surface area contributed by atoms with Crippen molar-refractivity contribution < 1.29 is 102 Å². The molecule has 0 radical (unpaired) electrons. The van der Waals surface area contributed by atoms with E-state index in [2.05, 4.69) is 44.7 Å². The van der Waals surface area contributed by atoms with E-state index in [1.807, 2.05) is 6.92 Å². The summed E-state index contributed by atoms with van der Waals surface area (Å²) in [7, 11) is -9.60. The van der Waals surface area contributed by atoms with Crippen LogP contribution in [0.2, 0.25) is 0 Å². The van der Waals surface area contributed by atoms with Crippen molar-refractivity contribution in [1.29, 1.82) is 0 Å². The monoisotopic (exact) mass is 1170 g/mol. The van der Waals surface area contributed by atoms with Gasteiger partial charge in [-0.05, 0) is 96.6 Å². The van der Waals surface area contributed by atoms with Crippen molar-refractivity contribution in [3.63, 3.8) is 0 Å². The Bertz CT molecular complexity index is 2600. The fourth-order valence-electron chi connectivity index (χ4n) is 15.5. The average molecular weight is 1170 g/mol. The Balaban J connectivity index is 0.744. The first kappa shape index (κ1) is 59.9. The zero-order valence-electron chi connectivity index (χ0n) is 46.7. The Morgan fingerprint density at radius 3 is 1.93 bits per heavy atom. The highest BCUT2D eigenvalue weighted by Gasteiger charge is 2.65. The molecule has 11 fully saturated rings. The van der Waals surface area contributed by atoms with E-state index in [-0.39, 0.29) is 74.5 Å². The number of hydrogen-bond acceptors (Lipinski definition) is 20. The molecule has 0 aromatic heterocycles. The van der Waals surface area contributed by atoms with Gasteiger partial charge in [-0.3, -0.25) is 9.11 Å². The molecule has 11 aliphatic rings. The van der Waals surface area contributed by atoms with Crippen LogP contribution in [0.15, 0.2) is 49.1 Å². The number of hydrogen-bond donors (Lipinski definition) is 5. The highest BCUT2D eigenvalue weighted by Crippen LogP contribution is 2.54. The number of rotatable bonds is 12. The van der Waals surface area contributed by atoms with Gasteiger partial charge in [-0.1, -0.05) is 38.3 Å². The van der Waals surface area contributed by atoms with Gasteiger partial charge in [-0.2, -0.15) is 16.8 Å². The average Bonchev–Trinajstić information content (AvgIpc) is 3.51. The molecule has 0 unspecified atom stereocenters. The van der Waals surface area contributed by atoms with Gasteiger partial charge in [0.1, 0.15) is 35.6 Å². The van der Waals surface area contributed by atoms with Crippen LogP contribution < -0.4 is 0 Å². The van der Waals surface area contributed by atoms with Crippen LogP contribution in [0.4, 0.5) is 0 Å². The van der Waals surface area contributed by atoms with Gasteiger partial charge in [0, 0.05) is 44.9 Å². The van der Waals surface area contributed by atoms with Gasteiger partial charge in [0.25, 0.3) is 0 Å². The van der Waals surface area contributed by atoms with Crippen LogP contribution in [0.5, 0.6) is 0 Å². The molecule has 0 aliphatic carbocycles. The third kappa shape index (κ3) is 11.6. The first-order valence-corrected chi connectivity index (χ1v) is 31.5. The maximum atomic E-state index is 12.3. The highest BCUT2D eigenvalue weighted by atomic mass is 32.3. The Hall–Kier alpha value is -1.86. The molecule has 0 saturated carbocycles. The fourth-order valence-corrected chi connectivity index (χ4v) is 16.4. The van der Waals surface area contributed by atoms with E-state index in [9.17, 15) is 36.7 Å². The Kier molecular flexibility index (Phi) is 16.3. The van der Waals surface area contributed by atoms with Gasteiger partial charge in [-0.25, -0.2) is 8.37 Å². The zero-order valence-corrected chi connectivity index (χ0v) is 48.3. The summed E-state index contributed by atoms with van der Waals surface area (Å²) in [5, 5.41) is 34.1. The van der Waals surface area contributed by atoms with Gasteiger partial charge >= 0.3 is 20.8 Å². The van der Waals surface area contributed by atoms with Crippen LogP contribution in [0.25, 0.3) is 0 Å². The van der Waals surface area contributed by atoms with Crippen molar-refractivity contribution in [2.75, 3.05) is 6.61 Å². The SMILES string of the molecule is C=C[C@@H](O)C(=C)/C=C/[C@@](C)(O)[C@H]1O[C@@H]2C[C@@H]3O[C@@H]4C[C@@H]5O[C@@H]6C[C@@H]7O[C@@H]8C[C@@H]9O[C@@H]%10C[C@@H]%11O[C@](C)(CCCOS(=O)(=O)O)[C@@H](OS(=O)(=O)O)C[C@H]%11O[C@H]%10C[C@H]9O[C@H]8CC[C@@]7(C)O[C@@]6(C)CC[C@H](C)[C@H]5O[C@H]4[C@@H](O)[C@]3(C)O[C@H]2CC1=C. The van der Waals surface area contributed by atoms with Gasteiger partial charge in [0.05, 0.1) is 127 Å². The van der Waals surface area contributed by atoms with E-state index in [1.165, 1.54) is 6.08 Å². The van der Waals surface area contributed by atoms with Crippen LogP contribution in [-0.2, 0) is 81.3 Å². The molecule has 0 amide bonds. The van der Waals surface area contributed by atoms with Crippen molar-refractivity contribution in [3.8, 4) is 0 Å². The van der Waals surface area contributed by atoms with E-state index in [1.54, 1.807) is 26.0 Å². The summed E-state index contributed by atoms with van der Waals surface area (Å²) in [6, 6.07) is 0. The van der Waals surface area contributed by atoms with Crippen LogP contribution in [0, 0.1) is 5.92 Å². The van der Waals surface area contributed by atoms with E-state index in [4.69, 9.17) is 60.8 Å². The zero-order chi connectivity index (χ0) is 57.3. The first-order valence-electron chi connectivity index (χ1n) is 28.8. The molecule has 0 bridgehead atoms. The smallest absolute Gasteiger partial charge is 0.387 e. The number of aliphatic hydroxyl groups excluding tert-OH is 2. The predicted molar refractivity (Wildman–Crippen MR) is 282 cm³/mol. The van der Waals surface area contributed by atoms with Crippen molar-refractivity contribution in [3.05, 3.63) is 49.1 Å². The number of ether oxygens (including phenoxy) is 11. The highest BCUT2D eigenvalue weighted by molar-refractivity contribution is 7.81. The summed E-state index contributed by atoms with van der Waals surface area (Å²) in [5.41, 5.74) is -4.23. The molecule has 11 rings (SSSR count). The maximum absolute atomic E-state index is 12.3. The van der Waals surface area contributed by atoms with E-state index in [0.717, 1.165) is 6.42 Å². The van der Waals surface area contributed by atoms with Crippen LogP contribution >= 0.6 is 0 Å². The minimum Gasteiger partial charge on any atom is -0.387 e. The van der Waals surface area contributed by atoms with Gasteiger partial charge in [0.2, 0.25) is 0 Å². The Morgan fingerprint density at radius 2 is 1.27 bits per heavy atom. The molecule has 80 heavy (non-hydrogen) atoms. The van der Waals surface area contributed by atoms with Crippen LogP contribution in [-0.4, -0.2) is 204 Å². The second-order valence-electron chi connectivity index (χ2n) is 26.0. The summed E-state index contributed by atoms with van der Waals surface area (Å²) in [4.78, 5) is 0. The third-order valence-electron chi connectivity index (χ3n) is 20.0. The lowest BCUT2D eigenvalue weighted by molar-refractivity contribution is -0.369. The fraction of sp³-hybridized carbons (Fsp3) is 0.857. The minimum absolute atomic E-state index is 0.0538. The molecule has 11 saturated heterocycles. The molecule has 22 nitrogen and oxygen atoms in total. The molecule has 24 heteroatoms. The lowest BCUT2D eigenvalue weighted by Gasteiger charge is -2.61. The molecular formula is C56H84O22S2. The second kappa shape index (κ2) is 21.8. The van der Waals surface area contributed by atoms with Gasteiger partial charge in [-0.15, -0.1) is 6.58 Å². The normalized spacial score (nSPS) is 50.4. The van der Waals surface area contributed by atoms with Crippen molar-refractivity contribution in [2.45, 2.75) is 288 Å². The van der Waals surface area contributed by atoms with E-state index < -0.39 is 134 Å². The molecule has 0 aromatic carbocycles. The van der Waals surface area contributed by atoms with Gasteiger partial charge in [0.15, 0.2) is 0 Å². The second-order valence-corrected chi connectivity index (χ2v) is 28.1. The molecule has 5 N–H and O–H groups in total. The summed E-state index contributed by atoms with van der Waals surface area (Å²) in [6.45, 7) is 23.0. The summed E-state index contributed by atoms with van der Waals surface area (Å²) in [5.74, 6) is 0.0538. The number of aliphatic hydroxyl groups is 3. The summed E-state index contributed by atoms with van der Waals surface area (Å²) < 4.78 is 151. The minimum atomic E-state index is -4.91. The van der Waals surface area contributed by atoms with Crippen molar-refractivity contribution in [2.24, 2.45) is 5.92 Å². The lowest BCUT2D eigenvalue weighted by Crippen LogP contribution is -2.74.